The quantitative estimate of drug-likeness (QED) is 0.819. The molecule has 0 unspecified atom stereocenters. The monoisotopic (exact) mass is 238 g/mol. The average molecular weight is 238 g/mol. The van der Waals surface area contributed by atoms with Crippen LogP contribution in [0.3, 0.4) is 0 Å². The fraction of sp³-hybridized carbons (Fsp3) is 0.583. The van der Waals surface area contributed by atoms with Crippen LogP contribution in [-0.2, 0) is 6.54 Å². The van der Waals surface area contributed by atoms with Crippen molar-refractivity contribution in [1.29, 1.82) is 0 Å². The fourth-order valence-corrected chi connectivity index (χ4v) is 2.15. The van der Waals surface area contributed by atoms with Crippen molar-refractivity contribution in [3.8, 4) is 0 Å². The van der Waals surface area contributed by atoms with Crippen LogP contribution in [-0.4, -0.2) is 54.1 Å². The zero-order chi connectivity index (χ0) is 12.1. The van der Waals surface area contributed by atoms with Gasteiger partial charge in [-0.1, -0.05) is 0 Å². The Bertz CT molecular complexity index is 350. The van der Waals surface area contributed by atoms with Crippen LogP contribution in [0.25, 0.3) is 0 Å². The van der Waals surface area contributed by atoms with Gasteiger partial charge in [0, 0.05) is 52.0 Å². The summed E-state index contributed by atoms with van der Waals surface area (Å²) in [6, 6.07) is 1.55. The summed E-state index contributed by atoms with van der Waals surface area (Å²) in [5, 5.41) is 0. The van der Waals surface area contributed by atoms with Crippen molar-refractivity contribution in [3.63, 3.8) is 0 Å². The van der Waals surface area contributed by atoms with Crippen LogP contribution >= 0.6 is 0 Å². The van der Waals surface area contributed by atoms with E-state index in [1.165, 1.54) is 6.20 Å². The first-order valence-electron chi connectivity index (χ1n) is 6.02. The second-order valence-corrected chi connectivity index (χ2v) is 4.42. The normalized spacial score (nSPS) is 18.5. The smallest absolute Gasteiger partial charge is 0.141 e. The van der Waals surface area contributed by atoms with E-state index in [1.54, 1.807) is 12.3 Å². The molecule has 0 aliphatic carbocycles. The van der Waals surface area contributed by atoms with Crippen LogP contribution in [0.15, 0.2) is 18.5 Å². The Labute approximate surface area is 101 Å². The summed E-state index contributed by atoms with van der Waals surface area (Å²) >= 11 is 0. The number of hydrogen-bond donors (Lipinski definition) is 1. The van der Waals surface area contributed by atoms with E-state index >= 15 is 0 Å². The number of hydrogen-bond acceptors (Lipinski definition) is 4. The maximum Gasteiger partial charge on any atom is 0.141 e. The molecule has 0 bridgehead atoms. The summed E-state index contributed by atoms with van der Waals surface area (Å²) in [7, 11) is 0. The van der Waals surface area contributed by atoms with Crippen LogP contribution in [0, 0.1) is 5.82 Å². The zero-order valence-corrected chi connectivity index (χ0v) is 9.98. The predicted molar refractivity (Wildman–Crippen MR) is 65.0 cm³/mol. The van der Waals surface area contributed by atoms with Gasteiger partial charge in [-0.15, -0.1) is 0 Å². The van der Waals surface area contributed by atoms with Crippen molar-refractivity contribution in [2.75, 3.05) is 39.3 Å². The first-order valence-corrected chi connectivity index (χ1v) is 6.02. The molecule has 0 atom stereocenters. The molecule has 1 fully saturated rings. The van der Waals surface area contributed by atoms with Crippen molar-refractivity contribution in [1.82, 2.24) is 14.8 Å². The molecular weight excluding hydrogens is 219 g/mol. The Morgan fingerprint density at radius 3 is 2.53 bits per heavy atom. The second-order valence-electron chi connectivity index (χ2n) is 4.42. The van der Waals surface area contributed by atoms with E-state index in [4.69, 9.17) is 5.73 Å². The summed E-state index contributed by atoms with van der Waals surface area (Å²) in [5.74, 6) is -0.260. The van der Waals surface area contributed by atoms with Crippen LogP contribution < -0.4 is 5.73 Å². The third-order valence-electron chi connectivity index (χ3n) is 3.08. The Morgan fingerprint density at radius 1 is 1.18 bits per heavy atom. The molecule has 2 rings (SSSR count). The Morgan fingerprint density at radius 2 is 1.88 bits per heavy atom. The average Bonchev–Trinajstić information content (AvgIpc) is 2.32. The predicted octanol–water partition coefficient (Wildman–Crippen LogP) is 0.297. The minimum atomic E-state index is -0.260. The summed E-state index contributed by atoms with van der Waals surface area (Å²) in [6.45, 7) is 6.57. The molecule has 2 heterocycles. The lowest BCUT2D eigenvalue weighted by atomic mass is 10.2. The molecule has 0 radical (unpaired) electrons. The molecule has 0 spiro atoms. The molecule has 5 heteroatoms. The summed E-state index contributed by atoms with van der Waals surface area (Å²) < 4.78 is 13.0. The highest BCUT2D eigenvalue weighted by molar-refractivity contribution is 5.10. The minimum absolute atomic E-state index is 0.260. The van der Waals surface area contributed by atoms with Gasteiger partial charge in [0.2, 0.25) is 0 Å². The van der Waals surface area contributed by atoms with Gasteiger partial charge in [-0.2, -0.15) is 0 Å². The molecule has 0 saturated carbocycles. The van der Waals surface area contributed by atoms with Crippen molar-refractivity contribution in [2.24, 2.45) is 5.73 Å². The molecular formula is C12H19FN4. The standard InChI is InChI=1S/C12H19FN4/c13-12-7-11(8-15-9-12)10-17-5-3-16(2-1-14)4-6-17/h7-9H,1-6,10,14H2. The SMILES string of the molecule is NCCN1CCN(Cc2cncc(F)c2)CC1. The van der Waals surface area contributed by atoms with Crippen molar-refractivity contribution in [2.45, 2.75) is 6.54 Å². The second kappa shape index (κ2) is 6.05. The van der Waals surface area contributed by atoms with Crippen molar-refractivity contribution in [3.05, 3.63) is 29.8 Å². The third kappa shape index (κ3) is 3.73. The van der Waals surface area contributed by atoms with Crippen molar-refractivity contribution >= 4 is 0 Å². The lowest BCUT2D eigenvalue weighted by Crippen LogP contribution is -2.47. The number of rotatable bonds is 4. The molecule has 1 aliphatic heterocycles. The van der Waals surface area contributed by atoms with Gasteiger partial charge in [0.1, 0.15) is 5.82 Å². The van der Waals surface area contributed by atoms with Gasteiger partial charge in [-0.25, -0.2) is 4.39 Å². The van der Waals surface area contributed by atoms with Gasteiger partial charge in [0.25, 0.3) is 0 Å². The first kappa shape index (κ1) is 12.4. The highest BCUT2D eigenvalue weighted by Crippen LogP contribution is 2.08. The van der Waals surface area contributed by atoms with Gasteiger partial charge in [-0.05, 0) is 11.6 Å². The Balaban J connectivity index is 1.82. The van der Waals surface area contributed by atoms with E-state index in [9.17, 15) is 4.39 Å². The van der Waals surface area contributed by atoms with Crippen LogP contribution in [0.1, 0.15) is 5.56 Å². The summed E-state index contributed by atoms with van der Waals surface area (Å²) in [4.78, 5) is 8.55. The highest BCUT2D eigenvalue weighted by atomic mass is 19.1. The Kier molecular flexibility index (Phi) is 4.42. The van der Waals surface area contributed by atoms with Gasteiger partial charge < -0.3 is 5.73 Å². The topological polar surface area (TPSA) is 45.4 Å². The van der Waals surface area contributed by atoms with Gasteiger partial charge >= 0.3 is 0 Å². The molecule has 0 amide bonds. The number of pyridine rings is 1. The van der Waals surface area contributed by atoms with Gasteiger partial charge in [0.15, 0.2) is 0 Å². The molecule has 1 saturated heterocycles. The minimum Gasteiger partial charge on any atom is -0.329 e. The summed E-state index contributed by atoms with van der Waals surface area (Å²) in [6.07, 6.45) is 2.97. The number of nitrogens with zero attached hydrogens (tertiary/aromatic N) is 3. The van der Waals surface area contributed by atoms with Gasteiger partial charge in [0.05, 0.1) is 6.20 Å². The van der Waals surface area contributed by atoms with E-state index in [0.717, 1.165) is 44.8 Å². The molecule has 0 aromatic carbocycles. The molecule has 2 N–H and O–H groups in total. The van der Waals surface area contributed by atoms with Crippen molar-refractivity contribution < 1.29 is 4.39 Å². The lowest BCUT2D eigenvalue weighted by Gasteiger charge is -2.34. The molecule has 4 nitrogen and oxygen atoms in total. The number of nitrogens with two attached hydrogens (primary N) is 1. The zero-order valence-electron chi connectivity index (χ0n) is 9.98. The van der Waals surface area contributed by atoms with Gasteiger partial charge in [-0.3, -0.25) is 14.8 Å². The number of piperazine rings is 1. The number of halogens is 1. The van der Waals surface area contributed by atoms with E-state index < -0.39 is 0 Å². The van der Waals surface area contributed by atoms with Crippen LogP contribution in [0.5, 0.6) is 0 Å². The molecule has 17 heavy (non-hydrogen) atoms. The van der Waals surface area contributed by atoms with E-state index in [-0.39, 0.29) is 5.82 Å². The fourth-order valence-electron chi connectivity index (χ4n) is 2.15. The maximum atomic E-state index is 13.0. The van der Waals surface area contributed by atoms with E-state index in [0.29, 0.717) is 6.54 Å². The highest BCUT2D eigenvalue weighted by Gasteiger charge is 2.16. The van der Waals surface area contributed by atoms with E-state index in [1.807, 2.05) is 0 Å². The molecule has 1 aromatic rings. The molecule has 1 aromatic heterocycles. The first-order chi connectivity index (χ1) is 8.28. The van der Waals surface area contributed by atoms with E-state index in [2.05, 4.69) is 14.8 Å². The maximum absolute atomic E-state index is 13.0. The third-order valence-corrected chi connectivity index (χ3v) is 3.08. The Hall–Kier alpha value is -1.04. The largest absolute Gasteiger partial charge is 0.329 e. The van der Waals surface area contributed by atoms with Crippen LogP contribution in [0.2, 0.25) is 0 Å². The molecule has 94 valence electrons. The molecule has 1 aliphatic rings. The lowest BCUT2D eigenvalue weighted by molar-refractivity contribution is 0.129. The number of aromatic nitrogens is 1. The van der Waals surface area contributed by atoms with Crippen LogP contribution in [0.4, 0.5) is 4.39 Å². The summed E-state index contributed by atoms with van der Waals surface area (Å²) in [5.41, 5.74) is 6.47.